The summed E-state index contributed by atoms with van der Waals surface area (Å²) in [5.41, 5.74) is 0. The molecule has 0 aromatic rings. The average molecular weight is 218 g/mol. The topological polar surface area (TPSA) is 9.23 Å². The van der Waals surface area contributed by atoms with Crippen LogP contribution >= 0.6 is 0 Å². The summed E-state index contributed by atoms with van der Waals surface area (Å²) in [4.78, 5) is 0. The van der Waals surface area contributed by atoms with Gasteiger partial charge in [-0.25, -0.2) is 0 Å². The van der Waals surface area contributed by atoms with Crippen molar-refractivity contribution in [1.82, 2.24) is 0 Å². The summed E-state index contributed by atoms with van der Waals surface area (Å²) < 4.78 is 5.86. The molecule has 0 N–H and O–H groups in total. The van der Waals surface area contributed by atoms with Gasteiger partial charge < -0.3 is 0 Å². The summed E-state index contributed by atoms with van der Waals surface area (Å²) in [5, 5.41) is 0. The van der Waals surface area contributed by atoms with Gasteiger partial charge in [-0.2, -0.15) is 0 Å². The molecule has 8 heavy (non-hydrogen) atoms. The molecule has 0 spiro atoms. The number of hydrogen-bond acceptors (Lipinski definition) is 1. The van der Waals surface area contributed by atoms with Crippen LogP contribution < -0.4 is 0 Å². The van der Waals surface area contributed by atoms with Crippen molar-refractivity contribution in [2.24, 2.45) is 0 Å². The average Bonchev–Trinajstić information content (AvgIpc) is 1.65. The van der Waals surface area contributed by atoms with E-state index in [-0.39, 0.29) is 0 Å². The molecule has 1 aliphatic heterocycles. The van der Waals surface area contributed by atoms with Crippen molar-refractivity contribution in [2.45, 2.75) is 23.2 Å². The second kappa shape index (κ2) is 2.56. The summed E-state index contributed by atoms with van der Waals surface area (Å²) in [5.74, 6) is 0. The Morgan fingerprint density at radius 3 is 2.12 bits per heavy atom. The number of rotatable bonds is 0. The fourth-order valence-corrected chi connectivity index (χ4v) is 1.40. The summed E-state index contributed by atoms with van der Waals surface area (Å²) in [6.45, 7) is 4.32. The van der Waals surface area contributed by atoms with E-state index in [0.717, 1.165) is 13.2 Å². The molecule has 0 atom stereocenters. The molecule has 45 valence electrons. The molecule has 1 fully saturated rings. The fraction of sp³-hybridized carbons (Fsp3) is 1.00. The summed E-state index contributed by atoms with van der Waals surface area (Å²) in [7, 11) is 0. The Morgan fingerprint density at radius 1 is 1.38 bits per heavy atom. The van der Waals surface area contributed by atoms with Gasteiger partial charge in [-0.1, -0.05) is 0 Å². The van der Waals surface area contributed by atoms with Crippen LogP contribution in [0.3, 0.4) is 0 Å². The van der Waals surface area contributed by atoms with E-state index in [2.05, 4.69) is 6.92 Å². The molecule has 0 aromatic carbocycles. The van der Waals surface area contributed by atoms with Crippen LogP contribution in [0.4, 0.5) is 0 Å². The Balaban J connectivity index is 2.33. The zero-order valence-corrected chi connectivity index (χ0v) is 8.09. The molecule has 0 aliphatic carbocycles. The Bertz CT molecular complexity index is 72.6. The molecule has 0 aromatic heterocycles. The second-order valence-electron chi connectivity index (χ2n) is 2.67. The van der Waals surface area contributed by atoms with E-state index in [0.29, 0.717) is 3.43 Å². The van der Waals surface area contributed by atoms with E-state index in [1.165, 1.54) is 12.8 Å². The summed E-state index contributed by atoms with van der Waals surface area (Å²) >= 11 is 1.67. The molecule has 0 bridgehead atoms. The SMILES string of the molecule is C[C]1([Sn])CCOCC1. The molecule has 0 saturated carbocycles. The van der Waals surface area contributed by atoms with Gasteiger partial charge in [0.1, 0.15) is 0 Å². The van der Waals surface area contributed by atoms with Crippen LogP contribution in [0, 0.1) is 0 Å². The van der Waals surface area contributed by atoms with Crippen LogP contribution in [0.2, 0.25) is 3.43 Å². The van der Waals surface area contributed by atoms with E-state index in [4.69, 9.17) is 4.74 Å². The number of ether oxygens (including phenoxy) is 1. The van der Waals surface area contributed by atoms with Crippen molar-refractivity contribution in [3.05, 3.63) is 0 Å². The van der Waals surface area contributed by atoms with Gasteiger partial charge in [0.25, 0.3) is 0 Å². The third-order valence-corrected chi connectivity index (χ3v) is 3.02. The number of hydrogen-bond donors (Lipinski definition) is 0. The molecule has 1 heterocycles. The van der Waals surface area contributed by atoms with Crippen LogP contribution in [-0.4, -0.2) is 35.7 Å². The molecule has 1 saturated heterocycles. The summed E-state index contributed by atoms with van der Waals surface area (Å²) in [6.07, 6.45) is 2.54. The first kappa shape index (κ1) is 6.87. The first-order valence-corrected chi connectivity index (χ1v) is 4.46. The van der Waals surface area contributed by atoms with Crippen molar-refractivity contribution >= 4 is 22.5 Å². The molecular formula is C6H11OSn. The standard InChI is InChI=1S/C6H11O.Sn/c1-6-2-4-7-5-3-6;/h2-5H2,1H3;. The third-order valence-electron chi connectivity index (χ3n) is 1.60. The van der Waals surface area contributed by atoms with Crippen molar-refractivity contribution in [3.63, 3.8) is 0 Å². The van der Waals surface area contributed by atoms with E-state index in [1.807, 2.05) is 0 Å². The van der Waals surface area contributed by atoms with Crippen molar-refractivity contribution in [1.29, 1.82) is 0 Å². The minimum absolute atomic E-state index is 0.644. The predicted molar refractivity (Wildman–Crippen MR) is 34.2 cm³/mol. The Hall–Kier alpha value is 0.759. The third kappa shape index (κ3) is 1.94. The Morgan fingerprint density at radius 2 is 1.88 bits per heavy atom. The molecule has 3 radical (unpaired) electrons. The first-order valence-electron chi connectivity index (χ1n) is 3.03. The molecule has 0 amide bonds. The van der Waals surface area contributed by atoms with Gasteiger partial charge in [-0.15, -0.1) is 0 Å². The van der Waals surface area contributed by atoms with Gasteiger partial charge in [-0.05, 0) is 0 Å². The van der Waals surface area contributed by atoms with Crippen molar-refractivity contribution in [3.8, 4) is 0 Å². The molecule has 0 unspecified atom stereocenters. The van der Waals surface area contributed by atoms with E-state index in [9.17, 15) is 0 Å². The monoisotopic (exact) mass is 219 g/mol. The van der Waals surface area contributed by atoms with Gasteiger partial charge >= 0.3 is 63.7 Å². The van der Waals surface area contributed by atoms with Gasteiger partial charge in [0.15, 0.2) is 0 Å². The van der Waals surface area contributed by atoms with E-state index in [1.54, 1.807) is 22.5 Å². The molecule has 1 nitrogen and oxygen atoms in total. The van der Waals surface area contributed by atoms with Crippen molar-refractivity contribution in [2.75, 3.05) is 13.2 Å². The first-order chi connectivity index (χ1) is 3.71. The van der Waals surface area contributed by atoms with Gasteiger partial charge in [0.05, 0.1) is 0 Å². The molecule has 1 aliphatic rings. The zero-order valence-electron chi connectivity index (χ0n) is 5.24. The Kier molecular flexibility index (Phi) is 2.20. The van der Waals surface area contributed by atoms with Crippen LogP contribution in [0.25, 0.3) is 0 Å². The maximum absolute atomic E-state index is 5.22. The molecule has 1 rings (SSSR count). The van der Waals surface area contributed by atoms with E-state index >= 15 is 0 Å². The second-order valence-corrected chi connectivity index (χ2v) is 6.12. The predicted octanol–water partition coefficient (Wildman–Crippen LogP) is 1.14. The quantitative estimate of drug-likeness (QED) is 0.554. The summed E-state index contributed by atoms with van der Waals surface area (Å²) in [6, 6.07) is 0. The maximum atomic E-state index is 5.22. The van der Waals surface area contributed by atoms with Crippen LogP contribution in [0.15, 0.2) is 0 Å². The minimum atomic E-state index is 0.644. The molecule has 2 heteroatoms. The van der Waals surface area contributed by atoms with Gasteiger partial charge in [-0.3, -0.25) is 0 Å². The fourth-order valence-electron chi connectivity index (χ4n) is 0.822. The van der Waals surface area contributed by atoms with Crippen LogP contribution in [-0.2, 0) is 4.74 Å². The van der Waals surface area contributed by atoms with E-state index < -0.39 is 0 Å². The Labute approximate surface area is 63.9 Å². The van der Waals surface area contributed by atoms with Crippen molar-refractivity contribution < 1.29 is 4.74 Å². The normalized spacial score (nSPS) is 27.8. The zero-order chi connectivity index (χ0) is 6.04. The van der Waals surface area contributed by atoms with Gasteiger partial charge in [0, 0.05) is 0 Å². The van der Waals surface area contributed by atoms with Gasteiger partial charge in [0.2, 0.25) is 0 Å². The van der Waals surface area contributed by atoms with Crippen LogP contribution in [0.5, 0.6) is 0 Å². The van der Waals surface area contributed by atoms with Crippen LogP contribution in [0.1, 0.15) is 19.8 Å². The molecular weight excluding hydrogens is 207 g/mol.